The Morgan fingerprint density at radius 3 is 2.29 bits per heavy atom. The van der Waals surface area contributed by atoms with Gasteiger partial charge in [-0.2, -0.15) is 0 Å². The maximum Gasteiger partial charge on any atom is 0.253 e. The molecule has 0 saturated heterocycles. The lowest BCUT2D eigenvalue weighted by molar-refractivity contribution is -0.121. The van der Waals surface area contributed by atoms with Gasteiger partial charge < -0.3 is 27.6 Å². The fourth-order valence-electron chi connectivity index (χ4n) is 1.96. The summed E-state index contributed by atoms with van der Waals surface area (Å²) in [7, 11) is 0. The van der Waals surface area contributed by atoms with Crippen LogP contribution in [0.25, 0.3) is 5.57 Å². The third-order valence-electron chi connectivity index (χ3n) is 3.16. The molecule has 1 rings (SSSR count). The van der Waals surface area contributed by atoms with Crippen LogP contribution in [0.1, 0.15) is 17.2 Å². The van der Waals surface area contributed by atoms with Gasteiger partial charge in [0.1, 0.15) is 12.8 Å². The van der Waals surface area contributed by atoms with Gasteiger partial charge in [0.25, 0.3) is 5.91 Å². The van der Waals surface area contributed by atoms with Crippen LogP contribution < -0.4 is 22.5 Å². The van der Waals surface area contributed by atoms with Gasteiger partial charge in [-0.15, -0.1) is 0 Å². The number of allylic oxidation sites excluding steroid dienone is 2. The molecular formula is C15H19Cl2FN4O2. The summed E-state index contributed by atoms with van der Waals surface area (Å²) in [6, 6.07) is 5.27. The van der Waals surface area contributed by atoms with Crippen molar-refractivity contribution in [3.05, 3.63) is 53.5 Å². The molecule has 2 unspecified atom stereocenters. The van der Waals surface area contributed by atoms with E-state index in [0.29, 0.717) is 16.7 Å². The molecule has 0 aliphatic rings. The number of benzene rings is 1. The van der Waals surface area contributed by atoms with Crippen LogP contribution in [0.3, 0.4) is 0 Å². The highest BCUT2D eigenvalue weighted by Crippen LogP contribution is 2.22. The van der Waals surface area contributed by atoms with E-state index in [4.69, 9.17) is 40.4 Å². The minimum atomic E-state index is -1.35. The number of aliphatic hydroxyl groups is 1. The van der Waals surface area contributed by atoms with Gasteiger partial charge >= 0.3 is 0 Å². The van der Waals surface area contributed by atoms with Gasteiger partial charge in [0.2, 0.25) is 0 Å². The van der Waals surface area contributed by atoms with Gasteiger partial charge in [0.05, 0.1) is 11.9 Å². The van der Waals surface area contributed by atoms with Crippen molar-refractivity contribution in [3.63, 3.8) is 0 Å². The van der Waals surface area contributed by atoms with Crippen LogP contribution in [0.15, 0.2) is 42.4 Å². The molecule has 1 amide bonds. The summed E-state index contributed by atoms with van der Waals surface area (Å²) in [5.74, 6) is -0.693. The number of hydrogen-bond acceptors (Lipinski definition) is 5. The largest absolute Gasteiger partial charge is 0.404 e. The van der Waals surface area contributed by atoms with Crippen molar-refractivity contribution < 1.29 is 14.3 Å². The Morgan fingerprint density at radius 2 is 1.88 bits per heavy atom. The maximum atomic E-state index is 13.1. The van der Waals surface area contributed by atoms with Crippen molar-refractivity contribution in [1.82, 2.24) is 5.32 Å². The van der Waals surface area contributed by atoms with Crippen molar-refractivity contribution in [3.8, 4) is 0 Å². The quantitative estimate of drug-likeness (QED) is 0.358. The molecule has 24 heavy (non-hydrogen) atoms. The molecule has 0 bridgehead atoms. The minimum absolute atomic E-state index is 0.0905. The molecule has 1 aromatic rings. The summed E-state index contributed by atoms with van der Waals surface area (Å²) in [4.78, 5) is 10.1. The molecular weight excluding hydrogens is 358 g/mol. The van der Waals surface area contributed by atoms with Crippen LogP contribution >= 0.6 is 23.2 Å². The number of nitrogens with two attached hydrogens (primary N) is 3. The summed E-state index contributed by atoms with van der Waals surface area (Å²) in [6.45, 7) is -0.991. The maximum absolute atomic E-state index is 13.1. The third-order valence-corrected chi connectivity index (χ3v) is 3.56. The molecule has 0 saturated carbocycles. The lowest BCUT2D eigenvalue weighted by Crippen LogP contribution is -2.43. The topological polar surface area (TPSA) is 127 Å². The van der Waals surface area contributed by atoms with Crippen molar-refractivity contribution in [2.24, 2.45) is 17.2 Å². The Balaban J connectivity index is 2.94. The number of alkyl halides is 3. The number of halogens is 3. The van der Waals surface area contributed by atoms with E-state index in [1.54, 1.807) is 24.3 Å². The number of carbonyl (C=O) groups excluding carboxylic acids is 1. The number of rotatable bonds is 7. The smallest absolute Gasteiger partial charge is 0.253 e. The van der Waals surface area contributed by atoms with Crippen molar-refractivity contribution in [2.45, 2.75) is 17.0 Å². The van der Waals surface area contributed by atoms with Crippen molar-refractivity contribution >= 4 is 34.7 Å². The summed E-state index contributed by atoms with van der Waals surface area (Å²) in [5, 5.41) is 12.4. The summed E-state index contributed by atoms with van der Waals surface area (Å²) < 4.78 is 13.1. The SMILES string of the molecule is N/C=C(\C=C(N)N)c1ccc(C(O)C(CF)NC(=O)C(Cl)Cl)cc1. The van der Waals surface area contributed by atoms with E-state index in [-0.39, 0.29) is 5.82 Å². The molecule has 6 nitrogen and oxygen atoms in total. The predicted octanol–water partition coefficient (Wildman–Crippen LogP) is 1.04. The van der Waals surface area contributed by atoms with Crippen LogP contribution in [-0.4, -0.2) is 28.6 Å². The second kappa shape index (κ2) is 9.36. The Hall–Kier alpha value is -1.96. The highest BCUT2D eigenvalue weighted by molar-refractivity contribution is 6.53. The molecule has 9 heteroatoms. The third kappa shape index (κ3) is 5.59. The molecule has 0 aliphatic carbocycles. The first-order valence-corrected chi connectivity index (χ1v) is 7.74. The minimum Gasteiger partial charge on any atom is -0.404 e. The molecule has 1 aromatic carbocycles. The average molecular weight is 377 g/mol. The lowest BCUT2D eigenvalue weighted by Gasteiger charge is -2.22. The van der Waals surface area contributed by atoms with Crippen LogP contribution in [0.2, 0.25) is 0 Å². The Bertz CT molecular complexity index is 616. The normalized spacial score (nSPS) is 14.1. The average Bonchev–Trinajstić information content (AvgIpc) is 2.56. The predicted molar refractivity (Wildman–Crippen MR) is 93.4 cm³/mol. The standard InChI is InChI=1S/C15H19Cl2FN4O2/c16-14(17)15(24)22-11(6-18)13(23)9-3-1-8(2-4-9)10(7-19)5-12(20)21/h1-5,7,11,13-14,23H,6,19-21H2,(H,22,24)/b10-7+. The lowest BCUT2D eigenvalue weighted by atomic mass is 9.99. The highest BCUT2D eigenvalue weighted by atomic mass is 35.5. The molecule has 132 valence electrons. The van der Waals surface area contributed by atoms with E-state index < -0.39 is 29.6 Å². The van der Waals surface area contributed by atoms with Gasteiger partial charge in [0, 0.05) is 11.8 Å². The molecule has 0 radical (unpaired) electrons. The van der Waals surface area contributed by atoms with Crippen molar-refractivity contribution in [1.29, 1.82) is 0 Å². The number of aliphatic hydroxyl groups excluding tert-OH is 1. The zero-order chi connectivity index (χ0) is 18.3. The fourth-order valence-corrected chi connectivity index (χ4v) is 2.09. The molecule has 0 spiro atoms. The summed E-state index contributed by atoms with van der Waals surface area (Å²) in [6.07, 6.45) is 1.54. The second-order valence-corrected chi connectivity index (χ2v) is 6.00. The number of amides is 1. The molecule has 0 aliphatic heterocycles. The van der Waals surface area contributed by atoms with Crippen LogP contribution in [0.5, 0.6) is 0 Å². The first-order chi connectivity index (χ1) is 11.3. The highest BCUT2D eigenvalue weighted by Gasteiger charge is 2.25. The summed E-state index contributed by atoms with van der Waals surface area (Å²) in [5.41, 5.74) is 18.0. The van der Waals surface area contributed by atoms with E-state index in [0.717, 1.165) is 0 Å². The van der Waals surface area contributed by atoms with E-state index in [1.807, 2.05) is 0 Å². The number of carbonyl (C=O) groups is 1. The molecule has 0 heterocycles. The number of nitrogens with one attached hydrogen (secondary N) is 1. The fraction of sp³-hybridized carbons (Fsp3) is 0.267. The molecule has 0 aromatic heterocycles. The Morgan fingerprint density at radius 1 is 1.29 bits per heavy atom. The molecule has 2 atom stereocenters. The van der Waals surface area contributed by atoms with Gasteiger partial charge in [-0.3, -0.25) is 4.79 Å². The monoisotopic (exact) mass is 376 g/mol. The summed E-state index contributed by atoms with van der Waals surface area (Å²) >= 11 is 10.8. The van der Waals surface area contributed by atoms with E-state index >= 15 is 0 Å². The Kier molecular flexibility index (Phi) is 7.84. The van der Waals surface area contributed by atoms with Crippen LogP contribution in [0.4, 0.5) is 4.39 Å². The van der Waals surface area contributed by atoms with Crippen LogP contribution in [-0.2, 0) is 4.79 Å². The zero-order valence-electron chi connectivity index (χ0n) is 12.6. The first kappa shape index (κ1) is 20.1. The Labute approximate surface area is 149 Å². The number of hydrogen-bond donors (Lipinski definition) is 5. The van der Waals surface area contributed by atoms with E-state index in [1.165, 1.54) is 12.3 Å². The first-order valence-electron chi connectivity index (χ1n) is 6.87. The van der Waals surface area contributed by atoms with Crippen molar-refractivity contribution in [2.75, 3.05) is 6.67 Å². The van der Waals surface area contributed by atoms with Gasteiger partial charge in [0.15, 0.2) is 4.84 Å². The van der Waals surface area contributed by atoms with E-state index in [9.17, 15) is 14.3 Å². The molecule has 8 N–H and O–H groups in total. The van der Waals surface area contributed by atoms with Gasteiger partial charge in [-0.25, -0.2) is 4.39 Å². The van der Waals surface area contributed by atoms with Crippen LogP contribution in [0, 0.1) is 0 Å². The second-order valence-electron chi connectivity index (χ2n) is 4.90. The zero-order valence-corrected chi connectivity index (χ0v) is 14.1. The van der Waals surface area contributed by atoms with Gasteiger partial charge in [-0.05, 0) is 17.2 Å². The van der Waals surface area contributed by atoms with E-state index in [2.05, 4.69) is 5.32 Å². The van der Waals surface area contributed by atoms with Gasteiger partial charge in [-0.1, -0.05) is 47.5 Å². The molecule has 0 fully saturated rings.